The maximum Gasteiger partial charge on any atom is 0.245 e. The van der Waals surface area contributed by atoms with Crippen molar-refractivity contribution in [3.05, 3.63) is 12.3 Å². The molecule has 0 saturated carbocycles. The number of piperazine rings is 1. The van der Waals surface area contributed by atoms with Gasteiger partial charge in [0.2, 0.25) is 5.95 Å². The van der Waals surface area contributed by atoms with Gasteiger partial charge >= 0.3 is 0 Å². The van der Waals surface area contributed by atoms with Crippen LogP contribution in [0, 0.1) is 0 Å². The summed E-state index contributed by atoms with van der Waals surface area (Å²) in [5.74, 6) is 1.35. The summed E-state index contributed by atoms with van der Waals surface area (Å²) in [6, 6.07) is 2.62. The van der Waals surface area contributed by atoms with E-state index < -0.39 is 0 Å². The van der Waals surface area contributed by atoms with Crippen molar-refractivity contribution in [2.24, 2.45) is 0 Å². The third-order valence-corrected chi connectivity index (χ3v) is 2.99. The maximum absolute atomic E-state index is 4.80. The van der Waals surface area contributed by atoms with Crippen molar-refractivity contribution >= 4 is 5.95 Å². The average molecular weight is 248 g/mol. The summed E-state index contributed by atoms with van der Waals surface area (Å²) in [5.41, 5.74) is 0.671. The molecule has 96 valence electrons. The highest BCUT2D eigenvalue weighted by Gasteiger charge is 2.24. The Morgan fingerprint density at radius 3 is 2.78 bits per heavy atom. The molecule has 3 rings (SSSR count). The van der Waals surface area contributed by atoms with Gasteiger partial charge in [0.05, 0.1) is 0 Å². The normalized spacial score (nSPS) is 24.4. The summed E-state index contributed by atoms with van der Waals surface area (Å²) in [6.45, 7) is 6.13. The number of H-pyrrole nitrogens is 1. The fraction of sp³-hybridized carbons (Fsp3) is 0.545. The van der Waals surface area contributed by atoms with Crippen molar-refractivity contribution < 1.29 is 4.52 Å². The van der Waals surface area contributed by atoms with Crippen LogP contribution in [0.2, 0.25) is 0 Å². The van der Waals surface area contributed by atoms with Gasteiger partial charge in [0, 0.05) is 31.2 Å². The average Bonchev–Trinajstić information content (AvgIpc) is 2.99. The molecule has 1 saturated heterocycles. The van der Waals surface area contributed by atoms with Crippen molar-refractivity contribution in [1.82, 2.24) is 25.7 Å². The minimum absolute atomic E-state index is 0.433. The quantitative estimate of drug-likeness (QED) is 0.811. The fourth-order valence-electron chi connectivity index (χ4n) is 2.33. The lowest BCUT2D eigenvalue weighted by molar-refractivity contribution is 0.403. The standard InChI is InChI=1S/C11H16N6O/c1-7-5-17(6-8(2)12-7)11-13-10(14-15-11)9-3-4-18-16-9/h3-4,7-8,12H,5-6H2,1-2H3,(H,13,14,15). The van der Waals surface area contributed by atoms with Gasteiger partial charge in [-0.05, 0) is 13.8 Å². The smallest absolute Gasteiger partial charge is 0.245 e. The number of rotatable bonds is 2. The van der Waals surface area contributed by atoms with Gasteiger partial charge in [-0.2, -0.15) is 4.98 Å². The molecule has 0 aromatic carbocycles. The van der Waals surface area contributed by atoms with Crippen molar-refractivity contribution in [3.8, 4) is 11.5 Å². The highest BCUT2D eigenvalue weighted by Crippen LogP contribution is 2.17. The zero-order valence-corrected chi connectivity index (χ0v) is 10.4. The van der Waals surface area contributed by atoms with Gasteiger partial charge in [0.25, 0.3) is 0 Å². The number of hydrogen-bond donors (Lipinski definition) is 2. The van der Waals surface area contributed by atoms with Crippen LogP contribution < -0.4 is 10.2 Å². The molecule has 0 spiro atoms. The molecule has 0 radical (unpaired) electrons. The van der Waals surface area contributed by atoms with Gasteiger partial charge in [0.15, 0.2) is 11.5 Å². The molecular weight excluding hydrogens is 232 g/mol. The second-order valence-corrected chi connectivity index (χ2v) is 4.74. The summed E-state index contributed by atoms with van der Waals surface area (Å²) < 4.78 is 4.80. The first-order valence-corrected chi connectivity index (χ1v) is 6.06. The zero-order chi connectivity index (χ0) is 12.5. The van der Waals surface area contributed by atoms with Crippen LogP contribution in [0.3, 0.4) is 0 Å². The highest BCUT2D eigenvalue weighted by molar-refractivity contribution is 5.50. The van der Waals surface area contributed by atoms with E-state index in [1.165, 1.54) is 6.26 Å². The summed E-state index contributed by atoms with van der Waals surface area (Å²) >= 11 is 0. The Labute approximate surface area is 105 Å². The lowest BCUT2D eigenvalue weighted by Gasteiger charge is -2.35. The lowest BCUT2D eigenvalue weighted by Crippen LogP contribution is -2.54. The van der Waals surface area contributed by atoms with E-state index >= 15 is 0 Å². The number of nitrogens with one attached hydrogen (secondary N) is 2. The monoisotopic (exact) mass is 248 g/mol. The van der Waals surface area contributed by atoms with E-state index in [0.717, 1.165) is 13.1 Å². The first-order chi connectivity index (χ1) is 8.72. The van der Waals surface area contributed by atoms with E-state index in [0.29, 0.717) is 29.6 Å². The van der Waals surface area contributed by atoms with Crippen molar-refractivity contribution in [2.75, 3.05) is 18.0 Å². The molecule has 2 N–H and O–H groups in total. The first-order valence-electron chi connectivity index (χ1n) is 6.06. The molecule has 2 aromatic heterocycles. The van der Waals surface area contributed by atoms with Gasteiger partial charge in [-0.1, -0.05) is 5.16 Å². The van der Waals surface area contributed by atoms with E-state index in [2.05, 4.69) is 44.4 Å². The van der Waals surface area contributed by atoms with E-state index in [-0.39, 0.29) is 0 Å². The summed E-state index contributed by atoms with van der Waals surface area (Å²) in [4.78, 5) is 6.63. The van der Waals surface area contributed by atoms with E-state index in [1.54, 1.807) is 6.07 Å². The van der Waals surface area contributed by atoms with Crippen LogP contribution in [0.4, 0.5) is 5.95 Å². The summed E-state index contributed by atoms with van der Waals surface area (Å²) in [7, 11) is 0. The second-order valence-electron chi connectivity index (χ2n) is 4.74. The molecule has 7 heteroatoms. The molecule has 18 heavy (non-hydrogen) atoms. The molecule has 1 aliphatic rings. The SMILES string of the molecule is CC1CN(c2n[nH]c(-c3ccon3)n2)CC(C)N1. The van der Waals surface area contributed by atoms with Crippen LogP contribution in [-0.2, 0) is 0 Å². The van der Waals surface area contributed by atoms with Crippen molar-refractivity contribution in [3.63, 3.8) is 0 Å². The van der Waals surface area contributed by atoms with E-state index in [1.807, 2.05) is 0 Å². The Morgan fingerprint density at radius 2 is 2.11 bits per heavy atom. The van der Waals surface area contributed by atoms with Crippen LogP contribution in [0.5, 0.6) is 0 Å². The number of aromatic amines is 1. The Kier molecular flexibility index (Phi) is 2.75. The maximum atomic E-state index is 4.80. The highest BCUT2D eigenvalue weighted by atomic mass is 16.5. The Hall–Kier alpha value is -1.89. The molecular formula is C11H16N6O. The molecule has 1 aliphatic heterocycles. The van der Waals surface area contributed by atoms with Gasteiger partial charge in [-0.3, -0.25) is 5.10 Å². The molecule has 2 aromatic rings. The minimum atomic E-state index is 0.433. The van der Waals surface area contributed by atoms with E-state index in [9.17, 15) is 0 Å². The topological polar surface area (TPSA) is 82.9 Å². The largest absolute Gasteiger partial charge is 0.364 e. The van der Waals surface area contributed by atoms with Crippen LogP contribution >= 0.6 is 0 Å². The summed E-state index contributed by atoms with van der Waals surface area (Å²) in [6.07, 6.45) is 1.52. The number of hydrogen-bond acceptors (Lipinski definition) is 6. The Balaban J connectivity index is 1.80. The van der Waals surface area contributed by atoms with Crippen LogP contribution in [0.25, 0.3) is 11.5 Å². The molecule has 0 bridgehead atoms. The van der Waals surface area contributed by atoms with Gasteiger partial charge in [-0.25, -0.2) is 0 Å². The molecule has 1 fully saturated rings. The zero-order valence-electron chi connectivity index (χ0n) is 10.4. The lowest BCUT2D eigenvalue weighted by atomic mass is 10.1. The van der Waals surface area contributed by atoms with E-state index in [4.69, 9.17) is 4.52 Å². The van der Waals surface area contributed by atoms with Gasteiger partial charge in [0.1, 0.15) is 6.26 Å². The predicted molar refractivity (Wildman–Crippen MR) is 66.2 cm³/mol. The third kappa shape index (κ3) is 2.08. The van der Waals surface area contributed by atoms with Crippen LogP contribution in [0.15, 0.2) is 16.9 Å². The van der Waals surface area contributed by atoms with Crippen molar-refractivity contribution in [2.45, 2.75) is 25.9 Å². The van der Waals surface area contributed by atoms with Gasteiger partial charge < -0.3 is 14.7 Å². The first kappa shape index (κ1) is 11.2. The fourth-order valence-corrected chi connectivity index (χ4v) is 2.33. The van der Waals surface area contributed by atoms with Crippen LogP contribution in [0.1, 0.15) is 13.8 Å². The molecule has 3 heterocycles. The molecule has 2 unspecified atom stereocenters. The second kappa shape index (κ2) is 4.41. The molecule has 2 atom stereocenters. The molecule has 7 nitrogen and oxygen atoms in total. The Bertz CT molecular complexity index is 497. The van der Waals surface area contributed by atoms with Gasteiger partial charge in [-0.15, -0.1) is 5.10 Å². The summed E-state index contributed by atoms with van der Waals surface area (Å²) in [5, 5.41) is 14.4. The third-order valence-electron chi connectivity index (χ3n) is 2.99. The van der Waals surface area contributed by atoms with Crippen LogP contribution in [-0.4, -0.2) is 45.5 Å². The molecule has 0 aliphatic carbocycles. The number of anilines is 1. The Morgan fingerprint density at radius 1 is 1.33 bits per heavy atom. The number of nitrogens with zero attached hydrogens (tertiary/aromatic N) is 4. The van der Waals surface area contributed by atoms with Crippen molar-refractivity contribution in [1.29, 1.82) is 0 Å². The molecule has 0 amide bonds. The minimum Gasteiger partial charge on any atom is -0.364 e. The number of aromatic nitrogens is 4. The predicted octanol–water partition coefficient (Wildman–Crippen LogP) is 0.646.